The van der Waals surface area contributed by atoms with Crippen LogP contribution in [-0.4, -0.2) is 13.1 Å². The summed E-state index contributed by atoms with van der Waals surface area (Å²) in [5, 5.41) is 3.15. The van der Waals surface area contributed by atoms with Gasteiger partial charge >= 0.3 is 0 Å². The van der Waals surface area contributed by atoms with Gasteiger partial charge in [-0.05, 0) is 43.1 Å². The molecule has 1 heterocycles. The second-order valence-corrected chi connectivity index (χ2v) is 4.69. The molecule has 1 aliphatic rings. The van der Waals surface area contributed by atoms with Crippen molar-refractivity contribution in [1.29, 1.82) is 0 Å². The number of hydrogen-bond acceptors (Lipinski definition) is 1. The van der Waals surface area contributed by atoms with E-state index in [1.54, 1.807) is 0 Å². The molecule has 0 aromatic heterocycles. The number of benzene rings is 1. The molecule has 1 nitrogen and oxygen atoms in total. The van der Waals surface area contributed by atoms with Gasteiger partial charge in [-0.2, -0.15) is 0 Å². The summed E-state index contributed by atoms with van der Waals surface area (Å²) in [7, 11) is 0. The molecule has 0 amide bonds. The van der Waals surface area contributed by atoms with Crippen LogP contribution in [0.15, 0.2) is 28.7 Å². The van der Waals surface area contributed by atoms with Crippen LogP contribution < -0.4 is 5.32 Å². The molecule has 0 spiro atoms. The second kappa shape index (κ2) is 4.41. The van der Waals surface area contributed by atoms with Crippen molar-refractivity contribution in [2.75, 3.05) is 13.1 Å². The molecule has 1 N–H and O–H groups in total. The predicted molar refractivity (Wildman–Crippen MR) is 59.0 cm³/mol. The molecule has 1 aromatic rings. The number of alkyl halides is 1. The lowest BCUT2D eigenvalue weighted by molar-refractivity contribution is 0.224. The summed E-state index contributed by atoms with van der Waals surface area (Å²) in [5.74, 6) is 0.522. The molecule has 1 fully saturated rings. The Bertz CT molecular complexity index is 295. The number of hydrogen-bond donors (Lipinski definition) is 1. The van der Waals surface area contributed by atoms with E-state index in [0.29, 0.717) is 12.3 Å². The highest BCUT2D eigenvalue weighted by Gasteiger charge is 2.22. The summed E-state index contributed by atoms with van der Waals surface area (Å²) >= 11 is 3.34. The molecule has 1 atom stereocenters. The minimum atomic E-state index is -0.810. The lowest BCUT2D eigenvalue weighted by atomic mass is 9.93. The first-order valence-corrected chi connectivity index (χ1v) is 5.65. The Kier molecular flexibility index (Phi) is 3.19. The molecule has 0 bridgehead atoms. The Morgan fingerprint density at radius 1 is 1.36 bits per heavy atom. The highest BCUT2D eigenvalue weighted by Crippen LogP contribution is 2.27. The third-order valence-electron chi connectivity index (χ3n) is 2.64. The summed E-state index contributed by atoms with van der Waals surface area (Å²) in [6.07, 6.45) is -0.163. The van der Waals surface area contributed by atoms with Crippen LogP contribution in [0.4, 0.5) is 4.39 Å². The van der Waals surface area contributed by atoms with Gasteiger partial charge in [-0.3, -0.25) is 0 Å². The van der Waals surface area contributed by atoms with Gasteiger partial charge in [0.05, 0.1) is 0 Å². The Morgan fingerprint density at radius 3 is 2.50 bits per heavy atom. The zero-order valence-electron chi connectivity index (χ0n) is 7.84. The number of rotatable bonds is 3. The van der Waals surface area contributed by atoms with Crippen molar-refractivity contribution >= 4 is 15.9 Å². The molecule has 3 heteroatoms. The van der Waals surface area contributed by atoms with Gasteiger partial charge in [0.1, 0.15) is 6.17 Å². The van der Waals surface area contributed by atoms with E-state index in [1.807, 2.05) is 24.3 Å². The zero-order chi connectivity index (χ0) is 9.97. The summed E-state index contributed by atoms with van der Waals surface area (Å²) in [6, 6.07) is 7.48. The fraction of sp³-hybridized carbons (Fsp3) is 0.455. The van der Waals surface area contributed by atoms with Gasteiger partial charge in [-0.25, -0.2) is 4.39 Å². The van der Waals surface area contributed by atoms with Crippen molar-refractivity contribution in [2.24, 2.45) is 5.92 Å². The van der Waals surface area contributed by atoms with Crippen molar-refractivity contribution in [3.05, 3.63) is 34.3 Å². The molecule has 0 saturated carbocycles. The smallest absolute Gasteiger partial charge is 0.125 e. The summed E-state index contributed by atoms with van der Waals surface area (Å²) < 4.78 is 14.7. The number of halogens is 2. The molecule has 1 aliphatic heterocycles. The van der Waals surface area contributed by atoms with E-state index in [2.05, 4.69) is 21.2 Å². The normalized spacial score (nSPS) is 19.0. The second-order valence-electron chi connectivity index (χ2n) is 3.78. The van der Waals surface area contributed by atoms with Crippen LogP contribution in [0.5, 0.6) is 0 Å². The quantitative estimate of drug-likeness (QED) is 0.878. The van der Waals surface area contributed by atoms with E-state index in [-0.39, 0.29) is 0 Å². The maximum absolute atomic E-state index is 13.7. The molecule has 1 saturated heterocycles. The highest BCUT2D eigenvalue weighted by molar-refractivity contribution is 9.10. The molecule has 0 aliphatic carbocycles. The Hall–Kier alpha value is -0.410. The summed E-state index contributed by atoms with van der Waals surface area (Å²) in [6.45, 7) is 1.94. The molecular formula is C11H13BrFN. The molecule has 1 unspecified atom stereocenters. The average molecular weight is 258 g/mol. The number of nitrogens with one attached hydrogen (secondary N) is 1. The van der Waals surface area contributed by atoms with Crippen LogP contribution in [0.25, 0.3) is 0 Å². The SMILES string of the molecule is FC(CC1CNC1)c1ccc(Br)cc1. The zero-order valence-corrected chi connectivity index (χ0v) is 9.43. The third-order valence-corrected chi connectivity index (χ3v) is 3.17. The lowest BCUT2D eigenvalue weighted by Crippen LogP contribution is -2.42. The van der Waals surface area contributed by atoms with Crippen molar-refractivity contribution in [3.8, 4) is 0 Å². The van der Waals surface area contributed by atoms with E-state index in [4.69, 9.17) is 0 Å². The van der Waals surface area contributed by atoms with Gasteiger partial charge in [0, 0.05) is 4.47 Å². The van der Waals surface area contributed by atoms with Gasteiger partial charge in [-0.1, -0.05) is 28.1 Å². The summed E-state index contributed by atoms with van der Waals surface area (Å²) in [4.78, 5) is 0. The van der Waals surface area contributed by atoms with Gasteiger partial charge < -0.3 is 5.32 Å². The van der Waals surface area contributed by atoms with Gasteiger partial charge in [0.2, 0.25) is 0 Å². The molecule has 1 aromatic carbocycles. The van der Waals surface area contributed by atoms with Crippen LogP contribution >= 0.6 is 15.9 Å². The standard InChI is InChI=1S/C11H13BrFN/c12-10-3-1-9(2-4-10)11(13)5-8-6-14-7-8/h1-4,8,11,14H,5-7H2. The maximum Gasteiger partial charge on any atom is 0.125 e. The van der Waals surface area contributed by atoms with Crippen LogP contribution in [0.1, 0.15) is 18.2 Å². The fourth-order valence-electron chi connectivity index (χ4n) is 1.62. The van der Waals surface area contributed by atoms with Crippen LogP contribution in [0.3, 0.4) is 0 Å². The van der Waals surface area contributed by atoms with Crippen LogP contribution in [0, 0.1) is 5.92 Å². The molecule has 0 radical (unpaired) electrons. The third kappa shape index (κ3) is 2.34. The van der Waals surface area contributed by atoms with Crippen molar-refractivity contribution in [2.45, 2.75) is 12.6 Å². The minimum absolute atomic E-state index is 0.522. The van der Waals surface area contributed by atoms with E-state index < -0.39 is 6.17 Å². The van der Waals surface area contributed by atoms with Gasteiger partial charge in [-0.15, -0.1) is 0 Å². The topological polar surface area (TPSA) is 12.0 Å². The van der Waals surface area contributed by atoms with Crippen LogP contribution in [0.2, 0.25) is 0 Å². The van der Waals surface area contributed by atoms with E-state index >= 15 is 0 Å². The van der Waals surface area contributed by atoms with Gasteiger partial charge in [0.15, 0.2) is 0 Å². The van der Waals surface area contributed by atoms with E-state index in [0.717, 1.165) is 23.1 Å². The first kappa shape index (κ1) is 10.1. The Morgan fingerprint density at radius 2 is 2.00 bits per heavy atom. The molecule has 14 heavy (non-hydrogen) atoms. The molecule has 76 valence electrons. The molecular weight excluding hydrogens is 245 g/mol. The van der Waals surface area contributed by atoms with Crippen LogP contribution in [-0.2, 0) is 0 Å². The summed E-state index contributed by atoms with van der Waals surface area (Å²) in [5.41, 5.74) is 0.792. The van der Waals surface area contributed by atoms with Crippen molar-refractivity contribution in [3.63, 3.8) is 0 Å². The lowest BCUT2D eigenvalue weighted by Gasteiger charge is -2.28. The van der Waals surface area contributed by atoms with E-state index in [9.17, 15) is 4.39 Å². The Labute approximate surface area is 91.8 Å². The minimum Gasteiger partial charge on any atom is -0.316 e. The Balaban J connectivity index is 1.95. The van der Waals surface area contributed by atoms with Crippen molar-refractivity contribution in [1.82, 2.24) is 5.32 Å². The first-order chi connectivity index (χ1) is 6.75. The maximum atomic E-state index is 13.7. The first-order valence-electron chi connectivity index (χ1n) is 4.86. The average Bonchev–Trinajstić information content (AvgIpc) is 2.12. The molecule has 2 rings (SSSR count). The van der Waals surface area contributed by atoms with Crippen molar-refractivity contribution < 1.29 is 4.39 Å². The fourth-order valence-corrected chi connectivity index (χ4v) is 1.88. The largest absolute Gasteiger partial charge is 0.316 e. The predicted octanol–water partition coefficient (Wildman–Crippen LogP) is 3.07. The van der Waals surface area contributed by atoms with Gasteiger partial charge in [0.25, 0.3) is 0 Å². The van der Waals surface area contributed by atoms with E-state index in [1.165, 1.54) is 0 Å². The monoisotopic (exact) mass is 257 g/mol. The highest BCUT2D eigenvalue weighted by atomic mass is 79.9.